The van der Waals surface area contributed by atoms with Gasteiger partial charge >= 0.3 is 0 Å². The fraction of sp³-hybridized carbons (Fsp3) is 0.480. The van der Waals surface area contributed by atoms with Crippen LogP contribution in [-0.2, 0) is 26.0 Å². The lowest BCUT2D eigenvalue weighted by Crippen LogP contribution is -2.40. The zero-order valence-electron chi connectivity index (χ0n) is 20.7. The number of benzene rings is 2. The molecule has 1 N–H and O–H groups in total. The minimum atomic E-state index is -3.64. The van der Waals surface area contributed by atoms with E-state index in [2.05, 4.69) is 5.32 Å². The summed E-state index contributed by atoms with van der Waals surface area (Å²) in [5.41, 5.74) is 1.57. The standard InChI is InChI=1S/C25H34N2O7S/c1-5-21(18-6-9-23(32-3)24(17-18)33-4)26-25(28)11-7-19-16-20(8-10-22(19)31-2)35(29,30)27-12-14-34-15-13-27/h6,8-10,16-17,21H,5,7,11-15H2,1-4H3,(H,26,28)/t21-/m0/s1. The molecule has 3 rings (SSSR count). The van der Waals surface area contributed by atoms with Gasteiger partial charge in [-0.3, -0.25) is 4.79 Å². The number of rotatable bonds is 11. The van der Waals surface area contributed by atoms with E-state index in [4.69, 9.17) is 18.9 Å². The van der Waals surface area contributed by atoms with Gasteiger partial charge in [-0.05, 0) is 54.3 Å². The Morgan fingerprint density at radius 3 is 2.29 bits per heavy atom. The first-order chi connectivity index (χ1) is 16.8. The third-order valence-electron chi connectivity index (χ3n) is 6.03. The van der Waals surface area contributed by atoms with Gasteiger partial charge in [0.25, 0.3) is 0 Å². The maximum atomic E-state index is 13.0. The lowest BCUT2D eigenvalue weighted by molar-refractivity contribution is -0.121. The molecule has 9 nitrogen and oxygen atoms in total. The maximum absolute atomic E-state index is 13.0. The number of carbonyl (C=O) groups is 1. The first kappa shape index (κ1) is 26.8. The van der Waals surface area contributed by atoms with Crippen molar-refractivity contribution < 1.29 is 32.2 Å². The molecule has 2 aromatic rings. The second-order valence-corrected chi connectivity index (χ2v) is 10.1. The zero-order chi connectivity index (χ0) is 25.4. The third kappa shape index (κ3) is 6.45. The third-order valence-corrected chi connectivity index (χ3v) is 7.93. The molecule has 0 aromatic heterocycles. The summed E-state index contributed by atoms with van der Waals surface area (Å²) in [6.45, 7) is 3.38. The van der Waals surface area contributed by atoms with Gasteiger partial charge in [0, 0.05) is 19.5 Å². The van der Waals surface area contributed by atoms with Crippen LogP contribution in [0.1, 0.15) is 36.9 Å². The van der Waals surface area contributed by atoms with E-state index >= 15 is 0 Å². The number of amides is 1. The molecule has 192 valence electrons. The number of carbonyl (C=O) groups excluding carboxylic acids is 1. The summed E-state index contributed by atoms with van der Waals surface area (Å²) in [4.78, 5) is 13.0. The van der Waals surface area contributed by atoms with Gasteiger partial charge in [0.15, 0.2) is 11.5 Å². The molecule has 0 spiro atoms. The van der Waals surface area contributed by atoms with E-state index in [9.17, 15) is 13.2 Å². The van der Waals surface area contributed by atoms with E-state index < -0.39 is 10.0 Å². The lowest BCUT2D eigenvalue weighted by Gasteiger charge is -2.26. The molecular weight excluding hydrogens is 472 g/mol. The number of nitrogens with one attached hydrogen (secondary N) is 1. The molecule has 0 radical (unpaired) electrons. The molecular formula is C25H34N2O7S. The Hall–Kier alpha value is -2.82. The lowest BCUT2D eigenvalue weighted by atomic mass is 10.0. The number of hydrogen-bond donors (Lipinski definition) is 1. The predicted molar refractivity (Wildman–Crippen MR) is 132 cm³/mol. The SMILES string of the molecule is CC[C@H](NC(=O)CCc1cc(S(=O)(=O)N2CCOCC2)ccc1OC)c1ccc(OC)c(OC)c1. The molecule has 0 saturated carbocycles. The predicted octanol–water partition coefficient (Wildman–Crippen LogP) is 2.93. The number of hydrogen-bond acceptors (Lipinski definition) is 7. The van der Waals surface area contributed by atoms with Crippen molar-refractivity contribution in [1.29, 1.82) is 0 Å². The number of aryl methyl sites for hydroxylation is 1. The molecule has 10 heteroatoms. The second-order valence-electron chi connectivity index (χ2n) is 8.13. The Labute approximate surface area is 207 Å². The Kier molecular flexibility index (Phi) is 9.36. The van der Waals surface area contributed by atoms with Gasteiger partial charge in [0.2, 0.25) is 15.9 Å². The van der Waals surface area contributed by atoms with Gasteiger partial charge in [0.1, 0.15) is 5.75 Å². The molecule has 1 atom stereocenters. The van der Waals surface area contributed by atoms with E-state index in [0.29, 0.717) is 62.0 Å². The highest BCUT2D eigenvalue weighted by molar-refractivity contribution is 7.89. The van der Waals surface area contributed by atoms with E-state index in [1.165, 1.54) is 17.5 Å². The quantitative estimate of drug-likeness (QED) is 0.500. The normalized spacial score (nSPS) is 15.3. The van der Waals surface area contributed by atoms with Crippen molar-refractivity contribution in [2.75, 3.05) is 47.6 Å². The van der Waals surface area contributed by atoms with Crippen molar-refractivity contribution in [3.05, 3.63) is 47.5 Å². The molecule has 1 fully saturated rings. The van der Waals surface area contributed by atoms with Crippen LogP contribution >= 0.6 is 0 Å². The van der Waals surface area contributed by atoms with Gasteiger partial charge in [-0.15, -0.1) is 0 Å². The molecule has 1 saturated heterocycles. The van der Waals surface area contributed by atoms with Crippen molar-refractivity contribution in [2.24, 2.45) is 0 Å². The highest BCUT2D eigenvalue weighted by Gasteiger charge is 2.27. The molecule has 35 heavy (non-hydrogen) atoms. The molecule has 1 amide bonds. The van der Waals surface area contributed by atoms with Crippen LogP contribution in [0, 0.1) is 0 Å². The number of ether oxygens (including phenoxy) is 4. The summed E-state index contributed by atoms with van der Waals surface area (Å²) in [6, 6.07) is 10.2. The summed E-state index contributed by atoms with van der Waals surface area (Å²) < 4.78 is 48.9. The van der Waals surface area contributed by atoms with Crippen LogP contribution in [-0.4, -0.2) is 66.3 Å². The van der Waals surface area contributed by atoms with Crippen LogP contribution in [0.5, 0.6) is 17.2 Å². The van der Waals surface area contributed by atoms with Crippen molar-refractivity contribution in [3.8, 4) is 17.2 Å². The first-order valence-corrected chi connectivity index (χ1v) is 13.0. The number of methoxy groups -OCH3 is 3. The molecule has 0 unspecified atom stereocenters. The largest absolute Gasteiger partial charge is 0.496 e. The molecule has 0 bridgehead atoms. The number of morpholine rings is 1. The second kappa shape index (κ2) is 12.2. The summed E-state index contributed by atoms with van der Waals surface area (Å²) in [5.74, 6) is 1.62. The monoisotopic (exact) mass is 506 g/mol. The van der Waals surface area contributed by atoms with Crippen molar-refractivity contribution in [1.82, 2.24) is 9.62 Å². The summed E-state index contributed by atoms with van der Waals surface area (Å²) >= 11 is 0. The van der Waals surface area contributed by atoms with Crippen LogP contribution < -0.4 is 19.5 Å². The maximum Gasteiger partial charge on any atom is 0.243 e. The molecule has 2 aromatic carbocycles. The van der Waals surface area contributed by atoms with Crippen LogP contribution in [0.15, 0.2) is 41.3 Å². The van der Waals surface area contributed by atoms with Gasteiger partial charge < -0.3 is 24.3 Å². The zero-order valence-corrected chi connectivity index (χ0v) is 21.5. The highest BCUT2D eigenvalue weighted by Crippen LogP contribution is 2.31. The molecule has 0 aliphatic carbocycles. The van der Waals surface area contributed by atoms with Gasteiger partial charge in [-0.1, -0.05) is 13.0 Å². The van der Waals surface area contributed by atoms with E-state index in [0.717, 1.165) is 5.56 Å². The minimum Gasteiger partial charge on any atom is -0.496 e. The Morgan fingerprint density at radius 2 is 1.66 bits per heavy atom. The number of sulfonamides is 1. The van der Waals surface area contributed by atoms with E-state index in [-0.39, 0.29) is 23.3 Å². The summed E-state index contributed by atoms with van der Waals surface area (Å²) in [5, 5.41) is 3.06. The Bertz CT molecular complexity index is 1110. The summed E-state index contributed by atoms with van der Waals surface area (Å²) in [6.07, 6.45) is 1.21. The van der Waals surface area contributed by atoms with Gasteiger partial charge in [-0.2, -0.15) is 4.31 Å². The van der Waals surface area contributed by atoms with Crippen LogP contribution in [0.3, 0.4) is 0 Å². The smallest absolute Gasteiger partial charge is 0.243 e. The van der Waals surface area contributed by atoms with Crippen molar-refractivity contribution >= 4 is 15.9 Å². The molecule has 1 aliphatic heterocycles. The Morgan fingerprint density at radius 1 is 1.00 bits per heavy atom. The first-order valence-electron chi connectivity index (χ1n) is 11.6. The topological polar surface area (TPSA) is 103 Å². The summed E-state index contributed by atoms with van der Waals surface area (Å²) in [7, 11) is 1.03. The fourth-order valence-electron chi connectivity index (χ4n) is 4.05. The van der Waals surface area contributed by atoms with E-state index in [1.54, 1.807) is 26.4 Å². The van der Waals surface area contributed by atoms with Crippen molar-refractivity contribution in [2.45, 2.75) is 37.1 Å². The van der Waals surface area contributed by atoms with Gasteiger partial charge in [0.05, 0.1) is 45.5 Å². The minimum absolute atomic E-state index is 0.143. The molecule has 1 heterocycles. The Balaban J connectivity index is 1.71. The van der Waals surface area contributed by atoms with E-state index in [1.807, 2.05) is 25.1 Å². The average molecular weight is 507 g/mol. The van der Waals surface area contributed by atoms with Crippen LogP contribution in [0.25, 0.3) is 0 Å². The molecule has 1 aliphatic rings. The van der Waals surface area contributed by atoms with Gasteiger partial charge in [-0.25, -0.2) is 8.42 Å². The highest BCUT2D eigenvalue weighted by atomic mass is 32.2. The van der Waals surface area contributed by atoms with Crippen LogP contribution in [0.2, 0.25) is 0 Å². The van der Waals surface area contributed by atoms with Crippen LogP contribution in [0.4, 0.5) is 0 Å². The average Bonchev–Trinajstić information content (AvgIpc) is 2.90. The van der Waals surface area contributed by atoms with Crippen molar-refractivity contribution in [3.63, 3.8) is 0 Å². The number of nitrogens with zero attached hydrogens (tertiary/aromatic N) is 1. The fourth-order valence-corrected chi connectivity index (χ4v) is 5.51.